The molecule has 0 spiro atoms. The van der Waals surface area contributed by atoms with Crippen molar-refractivity contribution < 1.29 is 76.6 Å². The van der Waals surface area contributed by atoms with E-state index in [4.69, 9.17) is 23.8 Å². The Morgan fingerprint density at radius 2 is 1.23 bits per heavy atom. The van der Waals surface area contributed by atoms with Gasteiger partial charge in [-0.15, -0.1) is 0 Å². The summed E-state index contributed by atoms with van der Waals surface area (Å²) in [7, 11) is -9.78. The Morgan fingerprint density at radius 3 is 1.82 bits per heavy atom. The zero-order valence-corrected chi connectivity index (χ0v) is 39.2. The second-order valence-corrected chi connectivity index (χ2v) is 19.2. The number of carbonyl (C=O) groups is 3. The highest BCUT2D eigenvalue weighted by molar-refractivity contribution is 7.47. The maximum absolute atomic E-state index is 12.8. The highest BCUT2D eigenvalue weighted by atomic mass is 31.2. The smallest absolute Gasteiger partial charge is 0.462 e. The first kappa shape index (κ1) is 58.2. The first-order chi connectivity index (χ1) is 29.6. The highest BCUT2D eigenvalue weighted by Crippen LogP contribution is 2.44. The van der Waals surface area contributed by atoms with Crippen molar-refractivity contribution in [2.24, 2.45) is 11.8 Å². The third-order valence-electron chi connectivity index (χ3n) is 10.7. The van der Waals surface area contributed by atoms with E-state index in [2.05, 4.69) is 22.9 Å². The number of Topliss-reactive ketones (excluding diaryl/α,β-unsaturated/α-hetero) is 1. The number of rotatable bonds is 40. The third kappa shape index (κ3) is 31.9. The number of hydrogen-bond donors (Lipinski definition) is 6. The van der Waals surface area contributed by atoms with E-state index in [9.17, 15) is 43.7 Å². The fraction of sp³-hybridized carbons (Fsp3) is 0.841. The number of allylic oxidation sites excluding steroid dienone is 2. The molecule has 0 heterocycles. The van der Waals surface area contributed by atoms with Gasteiger partial charge in [0.1, 0.15) is 18.5 Å². The van der Waals surface area contributed by atoms with Crippen molar-refractivity contribution in [1.82, 2.24) is 0 Å². The van der Waals surface area contributed by atoms with Gasteiger partial charge in [0.05, 0.1) is 32.0 Å². The first-order valence-corrected chi connectivity index (χ1v) is 26.2. The van der Waals surface area contributed by atoms with E-state index in [0.717, 1.165) is 38.5 Å². The zero-order valence-electron chi connectivity index (χ0n) is 37.4. The summed E-state index contributed by atoms with van der Waals surface area (Å²) in [6.45, 7) is 1.37. The van der Waals surface area contributed by atoms with E-state index in [1.54, 1.807) is 12.2 Å². The average molecular weight is 927 g/mol. The predicted molar refractivity (Wildman–Crippen MR) is 236 cm³/mol. The molecule has 1 rings (SSSR count). The molecule has 0 aromatic carbocycles. The molecule has 0 radical (unpaired) electrons. The molecule has 0 saturated heterocycles. The molecular formula is C44H80O16P2. The highest BCUT2D eigenvalue weighted by Gasteiger charge is 2.39. The minimum Gasteiger partial charge on any atom is -0.462 e. The van der Waals surface area contributed by atoms with Crippen LogP contribution in [0.5, 0.6) is 0 Å². The largest absolute Gasteiger partial charge is 0.472 e. The van der Waals surface area contributed by atoms with E-state index in [0.29, 0.717) is 32.1 Å². The van der Waals surface area contributed by atoms with Crippen LogP contribution in [0.2, 0.25) is 0 Å². The SMILES string of the molecule is CCCCCCCCCCCCCCCCCC(=O)OC[C@H](COP(=O)(O)OC[C@@H](O)COP(=O)(O)O)OC(=O)CCC/C=C\C[C@H]1C(=O)C[C@@H](O)[C@@H]1/C=C/[C@@H](O)CCCCC. The second-order valence-electron chi connectivity index (χ2n) is 16.5. The average Bonchev–Trinajstić information content (AvgIpc) is 3.49. The minimum atomic E-state index is -4.90. The van der Waals surface area contributed by atoms with Crippen molar-refractivity contribution >= 4 is 33.4 Å². The summed E-state index contributed by atoms with van der Waals surface area (Å²) < 4.78 is 47.8. The molecule has 1 saturated carbocycles. The van der Waals surface area contributed by atoms with Crippen molar-refractivity contribution in [3.05, 3.63) is 24.3 Å². The molecule has 18 heteroatoms. The molecule has 0 amide bonds. The quantitative estimate of drug-likeness (QED) is 0.0146. The van der Waals surface area contributed by atoms with Gasteiger partial charge in [-0.25, -0.2) is 9.13 Å². The molecule has 0 aliphatic heterocycles. The Hall–Kier alpha value is -1.81. The maximum Gasteiger partial charge on any atom is 0.472 e. The van der Waals surface area contributed by atoms with E-state index < -0.39 is 90.3 Å². The Bertz CT molecular complexity index is 1350. The molecule has 16 nitrogen and oxygen atoms in total. The maximum atomic E-state index is 12.8. The Balaban J connectivity index is 2.56. The first-order valence-electron chi connectivity index (χ1n) is 23.1. The van der Waals surface area contributed by atoms with Crippen molar-refractivity contribution in [3.8, 4) is 0 Å². The molecule has 0 aromatic rings. The van der Waals surface area contributed by atoms with Crippen LogP contribution >= 0.6 is 15.6 Å². The Morgan fingerprint density at radius 1 is 0.694 bits per heavy atom. The van der Waals surface area contributed by atoms with Gasteiger partial charge in [0.2, 0.25) is 0 Å². The van der Waals surface area contributed by atoms with Gasteiger partial charge in [-0.1, -0.05) is 147 Å². The molecule has 1 aliphatic rings. The predicted octanol–water partition coefficient (Wildman–Crippen LogP) is 8.49. The summed E-state index contributed by atoms with van der Waals surface area (Å²) >= 11 is 0. The van der Waals surface area contributed by atoms with Crippen LogP contribution in [-0.4, -0.2) is 98.6 Å². The van der Waals surface area contributed by atoms with Crippen LogP contribution in [0.15, 0.2) is 24.3 Å². The molecule has 62 heavy (non-hydrogen) atoms. The van der Waals surface area contributed by atoms with Gasteiger partial charge in [0.25, 0.3) is 0 Å². The van der Waals surface area contributed by atoms with Gasteiger partial charge in [-0.3, -0.25) is 28.0 Å². The Labute approximate surface area is 370 Å². The normalized spacial score (nSPS) is 19.5. The lowest BCUT2D eigenvalue weighted by Crippen LogP contribution is -2.29. The minimum absolute atomic E-state index is 0.0486. The number of phosphoric acid groups is 2. The number of hydrogen-bond acceptors (Lipinski definition) is 13. The number of ether oxygens (including phenoxy) is 2. The van der Waals surface area contributed by atoms with Crippen LogP contribution in [0.3, 0.4) is 0 Å². The summed E-state index contributed by atoms with van der Waals surface area (Å²) in [5, 5.41) is 30.5. The summed E-state index contributed by atoms with van der Waals surface area (Å²) in [6, 6.07) is 0. The summed E-state index contributed by atoms with van der Waals surface area (Å²) in [6.07, 6.45) is 25.3. The van der Waals surface area contributed by atoms with Crippen LogP contribution in [-0.2, 0) is 46.6 Å². The molecule has 1 fully saturated rings. The number of aliphatic hydroxyl groups excluding tert-OH is 3. The van der Waals surface area contributed by atoms with Crippen LogP contribution in [0.25, 0.3) is 0 Å². The van der Waals surface area contributed by atoms with Crippen molar-refractivity contribution in [1.29, 1.82) is 0 Å². The van der Waals surface area contributed by atoms with Crippen LogP contribution in [0.4, 0.5) is 0 Å². The van der Waals surface area contributed by atoms with Crippen LogP contribution in [0, 0.1) is 11.8 Å². The number of ketones is 1. The van der Waals surface area contributed by atoms with Crippen molar-refractivity contribution in [2.75, 3.05) is 26.4 Å². The van der Waals surface area contributed by atoms with Crippen molar-refractivity contribution in [3.63, 3.8) is 0 Å². The fourth-order valence-electron chi connectivity index (χ4n) is 7.09. The van der Waals surface area contributed by atoms with Gasteiger partial charge in [0, 0.05) is 31.1 Å². The number of aliphatic hydroxyl groups is 3. The molecule has 0 bridgehead atoms. The standard InChI is InChI=1S/C44H80O16P2/c1-3-5-7-8-9-10-11-12-13-14-15-16-17-18-23-27-43(49)56-34-38(35-59-62(54,55)58-33-37(46)32-57-61(51,52)53)60-44(50)28-24-20-19-22-26-39-40(42(48)31-41(39)47)30-29-36(45)25-21-6-4-2/h19,22,29-30,36-40,42,45-46,48H,3-18,20-21,23-28,31-35H2,1-2H3,(H,54,55)(H2,51,52,53)/b22-19-,30-29+/t36-,37-,38+,39+,40+,42+/m0/s1. The zero-order chi connectivity index (χ0) is 46.1. The van der Waals surface area contributed by atoms with Gasteiger partial charge >= 0.3 is 27.6 Å². The summed E-state index contributed by atoms with van der Waals surface area (Å²) in [5.41, 5.74) is 0. The number of unbranched alkanes of at least 4 members (excludes halogenated alkanes) is 17. The lowest BCUT2D eigenvalue weighted by Gasteiger charge is -2.20. The topological polar surface area (TPSA) is 253 Å². The fourth-order valence-corrected chi connectivity index (χ4v) is 8.25. The molecule has 362 valence electrons. The molecule has 7 atom stereocenters. The number of esters is 2. The molecule has 0 aromatic heterocycles. The number of phosphoric ester groups is 2. The van der Waals surface area contributed by atoms with Crippen molar-refractivity contribution in [2.45, 2.75) is 199 Å². The monoisotopic (exact) mass is 926 g/mol. The lowest BCUT2D eigenvalue weighted by atomic mass is 9.90. The number of carbonyl (C=O) groups excluding carboxylic acids is 3. The van der Waals surface area contributed by atoms with Crippen LogP contribution in [0.1, 0.15) is 174 Å². The van der Waals surface area contributed by atoms with Gasteiger partial charge in [-0.2, -0.15) is 0 Å². The van der Waals surface area contributed by atoms with Crippen LogP contribution < -0.4 is 0 Å². The van der Waals surface area contributed by atoms with E-state index in [-0.39, 0.29) is 25.0 Å². The summed E-state index contributed by atoms with van der Waals surface area (Å²) in [5.74, 6) is -2.09. The molecule has 1 aliphatic carbocycles. The van der Waals surface area contributed by atoms with Gasteiger partial charge in [-0.05, 0) is 32.1 Å². The van der Waals surface area contributed by atoms with Gasteiger partial charge in [0.15, 0.2) is 6.10 Å². The van der Waals surface area contributed by atoms with E-state index >= 15 is 0 Å². The lowest BCUT2D eigenvalue weighted by molar-refractivity contribution is -0.161. The molecule has 6 N–H and O–H groups in total. The molecule has 1 unspecified atom stereocenters. The van der Waals surface area contributed by atoms with Gasteiger partial charge < -0.3 is 39.5 Å². The molecular weight excluding hydrogens is 846 g/mol. The Kier molecular flexibility index (Phi) is 33.3. The van der Waals surface area contributed by atoms with E-state index in [1.807, 2.05) is 12.2 Å². The second kappa shape index (κ2) is 35.5. The summed E-state index contributed by atoms with van der Waals surface area (Å²) in [4.78, 5) is 65.5. The third-order valence-corrected chi connectivity index (χ3v) is 12.1. The van der Waals surface area contributed by atoms with E-state index in [1.165, 1.54) is 70.6 Å².